The summed E-state index contributed by atoms with van der Waals surface area (Å²) in [6.07, 6.45) is -0.914. The highest BCUT2D eigenvalue weighted by molar-refractivity contribution is 7.89. The van der Waals surface area contributed by atoms with Gasteiger partial charge in [0.15, 0.2) is 11.5 Å². The van der Waals surface area contributed by atoms with Crippen molar-refractivity contribution in [3.63, 3.8) is 0 Å². The van der Waals surface area contributed by atoms with Crippen molar-refractivity contribution in [3.8, 4) is 11.5 Å². The second kappa shape index (κ2) is 7.87. The number of carbonyl (C=O) groups excluding carboxylic acids is 2. The third kappa shape index (κ3) is 4.07. The number of fused-ring (bicyclic) bond motifs is 1. The van der Waals surface area contributed by atoms with Crippen molar-refractivity contribution < 1.29 is 27.5 Å². The lowest BCUT2D eigenvalue weighted by atomic mass is 10.2. The van der Waals surface area contributed by atoms with Gasteiger partial charge in [0.2, 0.25) is 16.1 Å². The first-order valence-corrected chi connectivity index (χ1v) is 9.74. The van der Waals surface area contributed by atoms with Crippen LogP contribution in [0.3, 0.4) is 0 Å². The van der Waals surface area contributed by atoms with Crippen LogP contribution in [-0.4, -0.2) is 51.3 Å². The lowest BCUT2D eigenvalue weighted by Crippen LogP contribution is -2.50. The number of carbonyl (C=O) groups is 2. The van der Waals surface area contributed by atoms with Crippen LogP contribution in [0.2, 0.25) is 0 Å². The predicted octanol–water partition coefficient (Wildman–Crippen LogP) is 0.538. The topological polar surface area (TPSA) is 114 Å². The number of hydrazine groups is 1. The van der Waals surface area contributed by atoms with Crippen molar-refractivity contribution in [2.24, 2.45) is 0 Å². The molecular weight excluding hydrogens is 386 g/mol. The molecule has 148 valence electrons. The van der Waals surface area contributed by atoms with Gasteiger partial charge in [-0.2, -0.15) is 0 Å². The van der Waals surface area contributed by atoms with Crippen molar-refractivity contribution in [1.29, 1.82) is 0 Å². The summed E-state index contributed by atoms with van der Waals surface area (Å²) >= 11 is 0. The summed E-state index contributed by atoms with van der Waals surface area (Å²) in [5.74, 6) is -0.185. The Morgan fingerprint density at radius 1 is 1.00 bits per heavy atom. The van der Waals surface area contributed by atoms with Crippen LogP contribution < -0.4 is 20.3 Å². The highest BCUT2D eigenvalue weighted by atomic mass is 32.2. The van der Waals surface area contributed by atoms with Gasteiger partial charge in [-0.1, -0.05) is 12.1 Å². The molecule has 0 saturated heterocycles. The van der Waals surface area contributed by atoms with Gasteiger partial charge in [-0.3, -0.25) is 20.4 Å². The van der Waals surface area contributed by atoms with Gasteiger partial charge in [-0.15, -0.1) is 0 Å². The number of ether oxygens (including phenoxy) is 2. The maximum atomic E-state index is 12.2. The lowest BCUT2D eigenvalue weighted by molar-refractivity contribution is -0.131. The Balaban J connectivity index is 1.58. The quantitative estimate of drug-likeness (QED) is 0.718. The standard InChI is InChI=1S/C18H19N3O6S/c1-21(2)28(24,25)13-9-7-12(8-10-13)17(22)19-20-18(23)16-11-26-14-5-3-4-6-15(14)27-16/h3-10,16H,11H2,1-2H3,(H,19,22)(H,20,23)/t16-/m1/s1. The SMILES string of the molecule is CN(C)S(=O)(=O)c1ccc(C(=O)NNC(=O)[C@H]2COc3ccccc3O2)cc1. The molecule has 9 nitrogen and oxygen atoms in total. The minimum atomic E-state index is -3.58. The van der Waals surface area contributed by atoms with Gasteiger partial charge in [0.05, 0.1) is 4.90 Å². The fraction of sp³-hybridized carbons (Fsp3) is 0.222. The second-order valence-corrected chi connectivity index (χ2v) is 8.27. The number of rotatable bonds is 4. The maximum Gasteiger partial charge on any atom is 0.283 e. The van der Waals surface area contributed by atoms with E-state index in [1.807, 2.05) is 0 Å². The van der Waals surface area contributed by atoms with E-state index >= 15 is 0 Å². The zero-order valence-electron chi connectivity index (χ0n) is 15.2. The van der Waals surface area contributed by atoms with E-state index in [4.69, 9.17) is 9.47 Å². The average Bonchev–Trinajstić information content (AvgIpc) is 2.71. The zero-order chi connectivity index (χ0) is 20.3. The van der Waals surface area contributed by atoms with Crippen molar-refractivity contribution in [3.05, 3.63) is 54.1 Å². The van der Waals surface area contributed by atoms with E-state index < -0.39 is 27.9 Å². The number of amides is 2. The molecule has 10 heteroatoms. The smallest absolute Gasteiger partial charge is 0.283 e. The summed E-state index contributed by atoms with van der Waals surface area (Å²) < 4.78 is 36.1. The van der Waals surface area contributed by atoms with Gasteiger partial charge in [-0.05, 0) is 36.4 Å². The zero-order valence-corrected chi connectivity index (χ0v) is 16.0. The summed E-state index contributed by atoms with van der Waals surface area (Å²) in [7, 11) is -0.747. The number of para-hydroxylation sites is 2. The molecule has 0 spiro atoms. The molecule has 0 radical (unpaired) electrons. The Morgan fingerprint density at radius 2 is 1.64 bits per heavy atom. The van der Waals surface area contributed by atoms with E-state index in [0.717, 1.165) is 4.31 Å². The minimum Gasteiger partial charge on any atom is -0.485 e. The van der Waals surface area contributed by atoms with Crippen molar-refractivity contribution in [1.82, 2.24) is 15.2 Å². The Hall–Kier alpha value is -3.11. The number of hydrogen-bond acceptors (Lipinski definition) is 6. The number of nitrogens with one attached hydrogen (secondary N) is 2. The molecule has 0 saturated carbocycles. The highest BCUT2D eigenvalue weighted by Crippen LogP contribution is 2.30. The van der Waals surface area contributed by atoms with Crippen LogP contribution in [0.5, 0.6) is 11.5 Å². The monoisotopic (exact) mass is 405 g/mol. The van der Waals surface area contributed by atoms with Crippen molar-refractivity contribution in [2.75, 3.05) is 20.7 Å². The number of nitrogens with zero attached hydrogens (tertiary/aromatic N) is 1. The van der Waals surface area contributed by atoms with E-state index in [1.165, 1.54) is 38.4 Å². The summed E-state index contributed by atoms with van der Waals surface area (Å²) in [6, 6.07) is 12.3. The van der Waals surface area contributed by atoms with E-state index in [9.17, 15) is 18.0 Å². The Morgan fingerprint density at radius 3 is 2.29 bits per heavy atom. The van der Waals surface area contributed by atoms with Crippen LogP contribution in [-0.2, 0) is 14.8 Å². The normalized spacial score (nSPS) is 15.8. The summed E-state index contributed by atoms with van der Waals surface area (Å²) in [5.41, 5.74) is 4.73. The molecule has 2 aromatic carbocycles. The first kappa shape index (κ1) is 19.6. The van der Waals surface area contributed by atoms with E-state index in [0.29, 0.717) is 11.5 Å². The molecule has 2 aromatic rings. The lowest BCUT2D eigenvalue weighted by Gasteiger charge is -2.25. The summed E-state index contributed by atoms with van der Waals surface area (Å²) in [6.45, 7) is 0.00973. The van der Waals surface area contributed by atoms with Crippen LogP contribution in [0.1, 0.15) is 10.4 Å². The molecule has 0 unspecified atom stereocenters. The Labute approximate surface area is 162 Å². The van der Waals surface area contributed by atoms with Crippen LogP contribution in [0.4, 0.5) is 0 Å². The summed E-state index contributed by atoms with van der Waals surface area (Å²) in [4.78, 5) is 24.4. The minimum absolute atomic E-state index is 0.00973. The van der Waals surface area contributed by atoms with Gasteiger partial charge in [0.25, 0.3) is 11.8 Å². The highest BCUT2D eigenvalue weighted by Gasteiger charge is 2.27. The van der Waals surface area contributed by atoms with Crippen LogP contribution >= 0.6 is 0 Å². The first-order valence-electron chi connectivity index (χ1n) is 8.30. The number of benzene rings is 2. The fourth-order valence-corrected chi connectivity index (χ4v) is 3.31. The van der Waals surface area contributed by atoms with Gasteiger partial charge in [-0.25, -0.2) is 12.7 Å². The van der Waals surface area contributed by atoms with Crippen LogP contribution in [0, 0.1) is 0 Å². The van der Waals surface area contributed by atoms with Gasteiger partial charge in [0.1, 0.15) is 6.61 Å². The van der Waals surface area contributed by atoms with Crippen molar-refractivity contribution in [2.45, 2.75) is 11.0 Å². The number of sulfonamides is 1. The van der Waals surface area contributed by atoms with Crippen LogP contribution in [0.15, 0.2) is 53.4 Å². The molecule has 0 aromatic heterocycles. The van der Waals surface area contributed by atoms with Gasteiger partial charge >= 0.3 is 0 Å². The second-order valence-electron chi connectivity index (χ2n) is 6.12. The fourth-order valence-electron chi connectivity index (χ4n) is 2.41. The molecule has 2 N–H and O–H groups in total. The predicted molar refractivity (Wildman–Crippen MR) is 99.3 cm³/mol. The van der Waals surface area contributed by atoms with E-state index in [1.54, 1.807) is 24.3 Å². The molecule has 3 rings (SSSR count). The molecule has 1 aliphatic heterocycles. The average molecular weight is 405 g/mol. The van der Waals surface area contributed by atoms with Crippen LogP contribution in [0.25, 0.3) is 0 Å². The Bertz CT molecular complexity index is 989. The summed E-state index contributed by atoms with van der Waals surface area (Å²) in [5, 5.41) is 0. The molecule has 1 heterocycles. The third-order valence-electron chi connectivity index (χ3n) is 4.00. The van der Waals surface area contributed by atoms with Crippen molar-refractivity contribution >= 4 is 21.8 Å². The molecule has 0 bridgehead atoms. The van der Waals surface area contributed by atoms with Gasteiger partial charge in [0, 0.05) is 19.7 Å². The third-order valence-corrected chi connectivity index (χ3v) is 5.82. The molecule has 2 amide bonds. The maximum absolute atomic E-state index is 12.2. The largest absolute Gasteiger partial charge is 0.485 e. The van der Waals surface area contributed by atoms with Gasteiger partial charge < -0.3 is 9.47 Å². The Kier molecular flexibility index (Phi) is 5.52. The molecule has 0 fully saturated rings. The number of hydrogen-bond donors (Lipinski definition) is 2. The van der Waals surface area contributed by atoms with E-state index in [2.05, 4.69) is 10.9 Å². The van der Waals surface area contributed by atoms with E-state index in [-0.39, 0.29) is 17.1 Å². The molecular formula is C18H19N3O6S. The molecule has 1 atom stereocenters. The molecule has 0 aliphatic carbocycles. The molecule has 1 aliphatic rings. The molecule has 28 heavy (non-hydrogen) atoms. The first-order chi connectivity index (χ1) is 13.3.